The smallest absolute Gasteiger partial charge is 0.226 e. The van der Waals surface area contributed by atoms with Gasteiger partial charge in [-0.25, -0.2) is 0 Å². The zero-order valence-corrected chi connectivity index (χ0v) is 10.4. The van der Waals surface area contributed by atoms with Crippen LogP contribution in [0, 0.1) is 0 Å². The van der Waals surface area contributed by atoms with Gasteiger partial charge in [0.05, 0.1) is 30.5 Å². The first-order valence-electron chi connectivity index (χ1n) is 5.89. The maximum Gasteiger partial charge on any atom is 0.226 e. The second-order valence-electron chi connectivity index (χ2n) is 3.98. The van der Waals surface area contributed by atoms with Gasteiger partial charge in [0.15, 0.2) is 0 Å². The number of benzene rings is 1. The molecule has 3 N–H and O–H groups in total. The van der Waals surface area contributed by atoms with Crippen molar-refractivity contribution in [1.82, 2.24) is 0 Å². The summed E-state index contributed by atoms with van der Waals surface area (Å²) in [5.41, 5.74) is 6.95. The first-order chi connectivity index (χ1) is 8.13. The maximum absolute atomic E-state index is 11.6. The largest absolute Gasteiger partial charge is 0.397 e. The number of nitrogen functional groups attached to an aromatic ring is 1. The van der Waals surface area contributed by atoms with Crippen LogP contribution in [0.1, 0.15) is 26.7 Å². The van der Waals surface area contributed by atoms with Crippen LogP contribution in [0.25, 0.3) is 0 Å². The van der Waals surface area contributed by atoms with Crippen molar-refractivity contribution >= 4 is 17.3 Å². The van der Waals surface area contributed by atoms with Gasteiger partial charge >= 0.3 is 0 Å². The lowest BCUT2D eigenvalue weighted by Gasteiger charge is -2.11. The molecule has 4 heteroatoms. The van der Waals surface area contributed by atoms with Gasteiger partial charge in [-0.05, 0) is 25.5 Å². The monoisotopic (exact) mass is 236 g/mol. The molecular formula is C13H20N2O2. The molecule has 0 heterocycles. The highest BCUT2D eigenvalue weighted by Gasteiger charge is 2.05. The van der Waals surface area contributed by atoms with Crippen LogP contribution >= 0.6 is 0 Å². The average Bonchev–Trinajstić information content (AvgIpc) is 2.32. The number of nitrogens with two attached hydrogens (primary N) is 1. The zero-order valence-electron chi connectivity index (χ0n) is 10.4. The number of anilines is 2. The fraction of sp³-hybridized carbons (Fsp3) is 0.462. The predicted molar refractivity (Wildman–Crippen MR) is 69.8 cm³/mol. The molecule has 1 aromatic carbocycles. The van der Waals surface area contributed by atoms with Crippen LogP contribution in [0.5, 0.6) is 0 Å². The number of ether oxygens (including phenoxy) is 1. The molecule has 0 radical (unpaired) electrons. The van der Waals surface area contributed by atoms with Gasteiger partial charge in [-0.2, -0.15) is 0 Å². The molecule has 94 valence electrons. The Morgan fingerprint density at radius 2 is 2.18 bits per heavy atom. The van der Waals surface area contributed by atoms with Gasteiger partial charge in [0.1, 0.15) is 0 Å². The normalized spacial score (nSPS) is 12.1. The molecule has 0 bridgehead atoms. The Balaban J connectivity index is 2.33. The number of hydrogen-bond acceptors (Lipinski definition) is 3. The molecular weight excluding hydrogens is 216 g/mol. The molecule has 1 amide bonds. The second-order valence-corrected chi connectivity index (χ2v) is 3.98. The van der Waals surface area contributed by atoms with Crippen LogP contribution in [0.4, 0.5) is 11.4 Å². The highest BCUT2D eigenvalue weighted by molar-refractivity contribution is 5.93. The molecule has 0 aromatic heterocycles. The number of para-hydroxylation sites is 2. The fourth-order valence-electron chi connectivity index (χ4n) is 1.29. The number of carbonyl (C=O) groups is 1. The van der Waals surface area contributed by atoms with Crippen molar-refractivity contribution in [2.24, 2.45) is 0 Å². The standard InChI is InChI=1S/C13H20N2O2/c1-3-10(2)17-9-8-13(16)15-12-7-5-4-6-11(12)14/h4-7,10H,3,8-9,14H2,1-2H3,(H,15,16). The third-order valence-electron chi connectivity index (χ3n) is 2.54. The summed E-state index contributed by atoms with van der Waals surface area (Å²) in [7, 11) is 0. The summed E-state index contributed by atoms with van der Waals surface area (Å²) in [6.45, 7) is 4.48. The number of rotatable bonds is 6. The SMILES string of the molecule is CCC(C)OCCC(=O)Nc1ccccc1N. The number of hydrogen-bond donors (Lipinski definition) is 2. The summed E-state index contributed by atoms with van der Waals surface area (Å²) >= 11 is 0. The molecule has 17 heavy (non-hydrogen) atoms. The minimum atomic E-state index is -0.0776. The zero-order chi connectivity index (χ0) is 12.7. The van der Waals surface area contributed by atoms with E-state index in [-0.39, 0.29) is 12.0 Å². The van der Waals surface area contributed by atoms with Gasteiger partial charge in [-0.3, -0.25) is 4.79 Å². The van der Waals surface area contributed by atoms with Gasteiger partial charge < -0.3 is 15.8 Å². The Bertz CT molecular complexity index is 366. The molecule has 0 aliphatic rings. The molecule has 1 aromatic rings. The molecule has 1 rings (SSSR count). The Kier molecular flexibility index (Phi) is 5.49. The topological polar surface area (TPSA) is 64.3 Å². The molecule has 4 nitrogen and oxygen atoms in total. The minimum Gasteiger partial charge on any atom is -0.397 e. The molecule has 1 unspecified atom stereocenters. The van der Waals surface area contributed by atoms with E-state index in [1.807, 2.05) is 19.1 Å². The predicted octanol–water partition coefficient (Wildman–Crippen LogP) is 2.41. The van der Waals surface area contributed by atoms with E-state index in [1.54, 1.807) is 12.1 Å². The minimum absolute atomic E-state index is 0.0776. The summed E-state index contributed by atoms with van der Waals surface area (Å²) in [5, 5.41) is 2.76. The third-order valence-corrected chi connectivity index (χ3v) is 2.54. The van der Waals surface area contributed by atoms with Gasteiger partial charge in [-0.15, -0.1) is 0 Å². The average molecular weight is 236 g/mol. The molecule has 0 saturated carbocycles. The van der Waals surface area contributed by atoms with E-state index < -0.39 is 0 Å². The van der Waals surface area contributed by atoms with Crippen LogP contribution in [0.15, 0.2) is 24.3 Å². The molecule has 0 aliphatic heterocycles. The van der Waals surface area contributed by atoms with Crippen LogP contribution in [0.3, 0.4) is 0 Å². The van der Waals surface area contributed by atoms with Gasteiger partial charge in [0.2, 0.25) is 5.91 Å². The summed E-state index contributed by atoms with van der Waals surface area (Å²) < 4.78 is 5.44. The van der Waals surface area contributed by atoms with E-state index >= 15 is 0 Å². The van der Waals surface area contributed by atoms with Crippen molar-refractivity contribution in [3.05, 3.63) is 24.3 Å². The summed E-state index contributed by atoms with van der Waals surface area (Å²) in [6.07, 6.45) is 1.50. The van der Waals surface area contributed by atoms with Crippen LogP contribution in [0.2, 0.25) is 0 Å². The van der Waals surface area contributed by atoms with Gasteiger partial charge in [0.25, 0.3) is 0 Å². The molecule has 1 atom stereocenters. The quantitative estimate of drug-likeness (QED) is 0.745. The Hall–Kier alpha value is -1.55. The van der Waals surface area contributed by atoms with Crippen molar-refractivity contribution in [2.75, 3.05) is 17.7 Å². The van der Waals surface area contributed by atoms with E-state index in [0.29, 0.717) is 24.4 Å². The summed E-state index contributed by atoms with van der Waals surface area (Å²) in [6, 6.07) is 7.20. The third kappa shape index (κ3) is 4.87. The van der Waals surface area contributed by atoms with Crippen molar-refractivity contribution in [3.8, 4) is 0 Å². The highest BCUT2D eigenvalue weighted by Crippen LogP contribution is 2.16. The van der Waals surface area contributed by atoms with E-state index in [1.165, 1.54) is 0 Å². The second kappa shape index (κ2) is 6.91. The summed E-state index contributed by atoms with van der Waals surface area (Å²) in [4.78, 5) is 11.6. The number of nitrogens with one attached hydrogen (secondary N) is 1. The van der Waals surface area contributed by atoms with Crippen LogP contribution in [-0.2, 0) is 9.53 Å². The highest BCUT2D eigenvalue weighted by atomic mass is 16.5. The first-order valence-corrected chi connectivity index (χ1v) is 5.89. The molecule has 0 aliphatic carbocycles. The fourth-order valence-corrected chi connectivity index (χ4v) is 1.29. The van der Waals surface area contributed by atoms with Crippen molar-refractivity contribution < 1.29 is 9.53 Å². The Labute approximate surface area is 102 Å². The molecule has 0 spiro atoms. The van der Waals surface area contributed by atoms with E-state index in [4.69, 9.17) is 10.5 Å². The van der Waals surface area contributed by atoms with Crippen LogP contribution < -0.4 is 11.1 Å². The molecule has 0 saturated heterocycles. The Morgan fingerprint density at radius 1 is 1.47 bits per heavy atom. The van der Waals surface area contributed by atoms with Crippen LogP contribution in [-0.4, -0.2) is 18.6 Å². The van der Waals surface area contributed by atoms with Crippen molar-refractivity contribution in [1.29, 1.82) is 0 Å². The first kappa shape index (κ1) is 13.5. The van der Waals surface area contributed by atoms with E-state index in [9.17, 15) is 4.79 Å². The van der Waals surface area contributed by atoms with E-state index in [2.05, 4.69) is 12.2 Å². The van der Waals surface area contributed by atoms with Gasteiger partial charge in [0, 0.05) is 0 Å². The molecule has 0 fully saturated rings. The Morgan fingerprint density at radius 3 is 2.82 bits per heavy atom. The summed E-state index contributed by atoms with van der Waals surface area (Å²) in [5.74, 6) is -0.0776. The number of carbonyl (C=O) groups excluding carboxylic acids is 1. The lowest BCUT2D eigenvalue weighted by Crippen LogP contribution is -2.17. The van der Waals surface area contributed by atoms with Crippen molar-refractivity contribution in [3.63, 3.8) is 0 Å². The van der Waals surface area contributed by atoms with Gasteiger partial charge in [-0.1, -0.05) is 19.1 Å². The maximum atomic E-state index is 11.6. The number of amides is 1. The lowest BCUT2D eigenvalue weighted by atomic mass is 10.2. The van der Waals surface area contributed by atoms with E-state index in [0.717, 1.165) is 6.42 Å². The lowest BCUT2D eigenvalue weighted by molar-refractivity contribution is -0.117. The van der Waals surface area contributed by atoms with Crippen molar-refractivity contribution in [2.45, 2.75) is 32.8 Å².